The van der Waals surface area contributed by atoms with Crippen LogP contribution in [0.25, 0.3) is 0 Å². The molecular weight excluding hydrogens is 280 g/mol. The summed E-state index contributed by atoms with van der Waals surface area (Å²) in [4.78, 5) is 11.6. The lowest BCUT2D eigenvalue weighted by molar-refractivity contribution is 0.252. The molecule has 1 aromatic rings. The molecule has 0 fully saturated rings. The predicted molar refractivity (Wildman–Crippen MR) is 75.3 cm³/mol. The second kappa shape index (κ2) is 8.12. The maximum atomic E-state index is 11.6. The third-order valence-electron chi connectivity index (χ3n) is 2.44. The van der Waals surface area contributed by atoms with Crippen LogP contribution in [0.2, 0.25) is 0 Å². The maximum Gasteiger partial charge on any atom is 0.319 e. The molecule has 0 aromatic heterocycles. The Hall–Kier alpha value is -1.03. The normalized spacial score (nSPS) is 10.0. The molecule has 0 saturated heterocycles. The Morgan fingerprint density at radius 2 is 2.00 bits per heavy atom. The van der Waals surface area contributed by atoms with Gasteiger partial charge in [-0.2, -0.15) is 0 Å². The van der Waals surface area contributed by atoms with Gasteiger partial charge in [0.05, 0.1) is 5.69 Å². The number of carbonyl (C=O) groups is 1. The fourth-order valence-electron chi connectivity index (χ4n) is 1.48. The standard InChI is InChI=1S/C13H19BrN2O/c1-2-3-4-7-10-15-13(17)16-12-9-6-5-8-11(12)14/h5-6,8-9H,2-4,7,10H2,1H3,(H2,15,16,17). The minimum atomic E-state index is -0.145. The average molecular weight is 299 g/mol. The van der Waals surface area contributed by atoms with Gasteiger partial charge < -0.3 is 10.6 Å². The zero-order chi connectivity index (χ0) is 12.5. The molecule has 0 spiro atoms. The molecule has 94 valence electrons. The van der Waals surface area contributed by atoms with Crippen LogP contribution in [0.3, 0.4) is 0 Å². The quantitative estimate of drug-likeness (QED) is 0.761. The summed E-state index contributed by atoms with van der Waals surface area (Å²) < 4.78 is 0.890. The Morgan fingerprint density at radius 1 is 1.24 bits per heavy atom. The van der Waals surface area contributed by atoms with Crippen LogP contribution < -0.4 is 10.6 Å². The minimum absolute atomic E-state index is 0.145. The summed E-state index contributed by atoms with van der Waals surface area (Å²) in [6.45, 7) is 2.91. The summed E-state index contributed by atoms with van der Waals surface area (Å²) >= 11 is 3.38. The van der Waals surface area contributed by atoms with Crippen molar-refractivity contribution in [3.05, 3.63) is 28.7 Å². The van der Waals surface area contributed by atoms with Gasteiger partial charge in [0.15, 0.2) is 0 Å². The Labute approximate surface area is 111 Å². The highest BCUT2D eigenvalue weighted by molar-refractivity contribution is 9.10. The molecule has 4 heteroatoms. The number of nitrogens with one attached hydrogen (secondary N) is 2. The number of hydrogen-bond acceptors (Lipinski definition) is 1. The number of unbranched alkanes of at least 4 members (excludes halogenated alkanes) is 3. The van der Waals surface area contributed by atoms with Gasteiger partial charge in [-0.25, -0.2) is 4.79 Å². The van der Waals surface area contributed by atoms with Crippen LogP contribution in [-0.4, -0.2) is 12.6 Å². The van der Waals surface area contributed by atoms with E-state index in [0.717, 1.165) is 23.1 Å². The van der Waals surface area contributed by atoms with Crippen LogP contribution in [0.1, 0.15) is 32.6 Å². The number of hydrogen-bond donors (Lipinski definition) is 2. The van der Waals surface area contributed by atoms with Crippen LogP contribution in [-0.2, 0) is 0 Å². The molecule has 17 heavy (non-hydrogen) atoms. The van der Waals surface area contributed by atoms with E-state index in [2.05, 4.69) is 33.5 Å². The van der Waals surface area contributed by atoms with Crippen molar-refractivity contribution >= 4 is 27.6 Å². The van der Waals surface area contributed by atoms with Crippen LogP contribution >= 0.6 is 15.9 Å². The number of para-hydroxylation sites is 1. The first-order chi connectivity index (χ1) is 8.24. The summed E-state index contributed by atoms with van der Waals surface area (Å²) in [5, 5.41) is 5.65. The van der Waals surface area contributed by atoms with E-state index in [-0.39, 0.29) is 6.03 Å². The van der Waals surface area contributed by atoms with Gasteiger partial charge in [-0.15, -0.1) is 0 Å². The van der Waals surface area contributed by atoms with Crippen molar-refractivity contribution in [2.75, 3.05) is 11.9 Å². The van der Waals surface area contributed by atoms with E-state index in [9.17, 15) is 4.79 Å². The third kappa shape index (κ3) is 5.73. The predicted octanol–water partition coefficient (Wildman–Crippen LogP) is 4.15. The lowest BCUT2D eigenvalue weighted by Crippen LogP contribution is -2.29. The van der Waals surface area contributed by atoms with Gasteiger partial charge in [-0.1, -0.05) is 38.3 Å². The van der Waals surface area contributed by atoms with E-state index in [4.69, 9.17) is 0 Å². The summed E-state index contributed by atoms with van der Waals surface area (Å²) in [5.41, 5.74) is 0.790. The highest BCUT2D eigenvalue weighted by atomic mass is 79.9. The molecule has 0 atom stereocenters. The molecule has 3 nitrogen and oxygen atoms in total. The van der Waals surface area contributed by atoms with E-state index in [1.54, 1.807) is 0 Å². The highest BCUT2D eigenvalue weighted by Crippen LogP contribution is 2.20. The Balaban J connectivity index is 2.23. The zero-order valence-electron chi connectivity index (χ0n) is 10.1. The van der Waals surface area contributed by atoms with Crippen LogP contribution in [0.5, 0.6) is 0 Å². The Morgan fingerprint density at radius 3 is 2.71 bits per heavy atom. The van der Waals surface area contributed by atoms with Crippen molar-refractivity contribution in [3.63, 3.8) is 0 Å². The minimum Gasteiger partial charge on any atom is -0.338 e. The van der Waals surface area contributed by atoms with E-state index in [1.165, 1.54) is 19.3 Å². The number of benzene rings is 1. The number of halogens is 1. The van der Waals surface area contributed by atoms with Gasteiger partial charge in [0.25, 0.3) is 0 Å². The lowest BCUT2D eigenvalue weighted by Gasteiger charge is -2.08. The van der Waals surface area contributed by atoms with Crippen molar-refractivity contribution < 1.29 is 4.79 Å². The smallest absolute Gasteiger partial charge is 0.319 e. The van der Waals surface area contributed by atoms with Crippen LogP contribution in [0.4, 0.5) is 10.5 Å². The lowest BCUT2D eigenvalue weighted by atomic mass is 10.2. The first-order valence-electron chi connectivity index (χ1n) is 6.03. The monoisotopic (exact) mass is 298 g/mol. The molecule has 2 N–H and O–H groups in total. The first kappa shape index (κ1) is 14.0. The molecule has 2 amide bonds. The van der Waals surface area contributed by atoms with Crippen LogP contribution in [0, 0.1) is 0 Å². The molecular formula is C13H19BrN2O. The van der Waals surface area contributed by atoms with Gasteiger partial charge in [-0.3, -0.25) is 0 Å². The van der Waals surface area contributed by atoms with Gasteiger partial charge in [0.2, 0.25) is 0 Å². The SMILES string of the molecule is CCCCCCNC(=O)Nc1ccccc1Br. The van der Waals surface area contributed by atoms with E-state index in [1.807, 2.05) is 24.3 Å². The maximum absolute atomic E-state index is 11.6. The van der Waals surface area contributed by atoms with Gasteiger partial charge in [-0.05, 0) is 34.5 Å². The molecule has 0 aliphatic heterocycles. The van der Waals surface area contributed by atoms with Crippen molar-refractivity contribution in [1.82, 2.24) is 5.32 Å². The summed E-state index contributed by atoms with van der Waals surface area (Å²) in [6.07, 6.45) is 4.65. The van der Waals surface area contributed by atoms with Gasteiger partial charge in [0.1, 0.15) is 0 Å². The highest BCUT2D eigenvalue weighted by Gasteiger charge is 2.03. The zero-order valence-corrected chi connectivity index (χ0v) is 11.7. The number of carbonyl (C=O) groups excluding carboxylic acids is 1. The Bertz CT molecular complexity index is 355. The number of rotatable bonds is 6. The fraction of sp³-hybridized carbons (Fsp3) is 0.462. The summed E-state index contributed by atoms with van der Waals surface area (Å²) in [5.74, 6) is 0. The van der Waals surface area contributed by atoms with E-state index in [0.29, 0.717) is 0 Å². The summed E-state index contributed by atoms with van der Waals surface area (Å²) in [6, 6.07) is 7.42. The van der Waals surface area contributed by atoms with Crippen molar-refractivity contribution in [1.29, 1.82) is 0 Å². The molecule has 0 saturated carbocycles. The topological polar surface area (TPSA) is 41.1 Å². The molecule has 0 heterocycles. The molecule has 0 aliphatic rings. The molecule has 0 aliphatic carbocycles. The van der Waals surface area contributed by atoms with E-state index < -0.39 is 0 Å². The molecule has 0 radical (unpaired) electrons. The first-order valence-corrected chi connectivity index (χ1v) is 6.82. The number of urea groups is 1. The summed E-state index contributed by atoms with van der Waals surface area (Å²) in [7, 11) is 0. The fourth-order valence-corrected chi connectivity index (χ4v) is 1.87. The van der Waals surface area contributed by atoms with E-state index >= 15 is 0 Å². The van der Waals surface area contributed by atoms with Gasteiger partial charge >= 0.3 is 6.03 Å². The molecule has 1 rings (SSSR count). The Kier molecular flexibility index (Phi) is 6.70. The van der Waals surface area contributed by atoms with Crippen molar-refractivity contribution in [2.24, 2.45) is 0 Å². The van der Waals surface area contributed by atoms with Gasteiger partial charge in [0, 0.05) is 11.0 Å². The molecule has 0 bridgehead atoms. The number of anilines is 1. The largest absolute Gasteiger partial charge is 0.338 e. The van der Waals surface area contributed by atoms with Crippen LogP contribution in [0.15, 0.2) is 28.7 Å². The second-order valence-electron chi connectivity index (χ2n) is 3.92. The average Bonchev–Trinajstić information content (AvgIpc) is 2.32. The number of amides is 2. The van der Waals surface area contributed by atoms with Crippen molar-refractivity contribution in [3.8, 4) is 0 Å². The third-order valence-corrected chi connectivity index (χ3v) is 3.13. The molecule has 1 aromatic carbocycles. The molecule has 0 unspecified atom stereocenters. The second-order valence-corrected chi connectivity index (χ2v) is 4.78. The van der Waals surface area contributed by atoms with Crippen molar-refractivity contribution in [2.45, 2.75) is 32.6 Å².